The molecule has 0 N–H and O–H groups in total. The molecule has 0 amide bonds. The average Bonchev–Trinajstić information content (AvgIpc) is 3.72. The van der Waals surface area contributed by atoms with Gasteiger partial charge in [0.05, 0.1) is 0 Å². The molecular formula is C46H29NOS. The number of fused-ring (bicyclic) bond motifs is 7. The van der Waals surface area contributed by atoms with E-state index >= 15 is 0 Å². The second-order valence-corrected chi connectivity index (χ2v) is 13.6. The standard InChI is InChI=1S/C46H29NOS/c1-2-10-30(11-3-1)32-14-8-15-36(26-32)47(37-24-25-40-39-16-6-7-19-44(39)49-45(40)29-37)35-22-20-31(21-23-35)38-17-9-18-41-42-27-33-12-4-5-13-34(33)28-43(42)48-46(38)41/h1-29H. The minimum Gasteiger partial charge on any atom is -0.455 e. The van der Waals surface area contributed by atoms with Crippen molar-refractivity contribution in [2.45, 2.75) is 0 Å². The SMILES string of the molecule is c1ccc(-c2cccc(N(c3ccc(-c4cccc5c4oc4cc6ccccc6cc45)cc3)c3ccc4c(c3)sc3ccccc34)c2)cc1. The summed E-state index contributed by atoms with van der Waals surface area (Å²) >= 11 is 1.85. The van der Waals surface area contributed by atoms with Gasteiger partial charge in [0.15, 0.2) is 0 Å². The topological polar surface area (TPSA) is 16.4 Å². The Morgan fingerprint density at radius 1 is 0.388 bits per heavy atom. The van der Waals surface area contributed by atoms with E-state index in [1.54, 1.807) is 0 Å². The first-order valence-electron chi connectivity index (χ1n) is 16.6. The van der Waals surface area contributed by atoms with Gasteiger partial charge in [-0.3, -0.25) is 0 Å². The highest BCUT2D eigenvalue weighted by Gasteiger charge is 2.17. The summed E-state index contributed by atoms with van der Waals surface area (Å²) in [6.07, 6.45) is 0. The predicted molar refractivity (Wildman–Crippen MR) is 210 cm³/mol. The maximum absolute atomic E-state index is 6.57. The molecule has 8 aromatic carbocycles. The van der Waals surface area contributed by atoms with Gasteiger partial charge < -0.3 is 9.32 Å². The van der Waals surface area contributed by atoms with Crippen molar-refractivity contribution in [1.82, 2.24) is 0 Å². The molecule has 2 aromatic heterocycles. The van der Waals surface area contributed by atoms with Crippen LogP contribution in [0.4, 0.5) is 17.1 Å². The van der Waals surface area contributed by atoms with Gasteiger partial charge in [-0.1, -0.05) is 121 Å². The zero-order chi connectivity index (χ0) is 32.3. The molecule has 49 heavy (non-hydrogen) atoms. The fraction of sp³-hybridized carbons (Fsp3) is 0. The second kappa shape index (κ2) is 11.2. The van der Waals surface area contributed by atoms with Crippen LogP contribution in [-0.2, 0) is 0 Å². The number of hydrogen-bond donors (Lipinski definition) is 0. The highest BCUT2D eigenvalue weighted by molar-refractivity contribution is 7.25. The maximum Gasteiger partial charge on any atom is 0.143 e. The van der Waals surface area contributed by atoms with Gasteiger partial charge in [-0.25, -0.2) is 0 Å². The van der Waals surface area contributed by atoms with Crippen LogP contribution in [0.25, 0.3) is 75.1 Å². The molecular weight excluding hydrogens is 615 g/mol. The molecule has 2 nitrogen and oxygen atoms in total. The molecule has 0 spiro atoms. The highest BCUT2D eigenvalue weighted by atomic mass is 32.1. The zero-order valence-electron chi connectivity index (χ0n) is 26.5. The number of benzene rings is 8. The molecule has 10 aromatic rings. The highest BCUT2D eigenvalue weighted by Crippen LogP contribution is 2.43. The largest absolute Gasteiger partial charge is 0.455 e. The Morgan fingerprint density at radius 2 is 1.06 bits per heavy atom. The molecule has 230 valence electrons. The summed E-state index contributed by atoms with van der Waals surface area (Å²) in [6, 6.07) is 63.2. The lowest BCUT2D eigenvalue weighted by Crippen LogP contribution is -2.09. The first-order chi connectivity index (χ1) is 24.3. The monoisotopic (exact) mass is 643 g/mol. The summed E-state index contributed by atoms with van der Waals surface area (Å²) < 4.78 is 9.17. The average molecular weight is 644 g/mol. The Kier molecular flexibility index (Phi) is 6.39. The van der Waals surface area contributed by atoms with E-state index in [2.05, 4.69) is 181 Å². The molecule has 0 aliphatic rings. The molecule has 0 saturated carbocycles. The minimum atomic E-state index is 0.916. The first kappa shape index (κ1) is 27.9. The number of rotatable bonds is 5. The number of para-hydroxylation sites is 1. The smallest absolute Gasteiger partial charge is 0.143 e. The summed E-state index contributed by atoms with van der Waals surface area (Å²) in [7, 11) is 0. The Hall–Kier alpha value is -6.16. The van der Waals surface area contributed by atoms with Crippen LogP contribution in [-0.4, -0.2) is 0 Å². The van der Waals surface area contributed by atoms with Crippen molar-refractivity contribution >= 4 is 81.3 Å². The van der Waals surface area contributed by atoms with Crippen molar-refractivity contribution < 1.29 is 4.42 Å². The van der Waals surface area contributed by atoms with Crippen LogP contribution >= 0.6 is 11.3 Å². The predicted octanol–water partition coefficient (Wildman–Crippen LogP) is 13.9. The van der Waals surface area contributed by atoms with Gasteiger partial charge in [0.25, 0.3) is 0 Å². The van der Waals surface area contributed by atoms with E-state index in [0.717, 1.165) is 50.1 Å². The third-order valence-electron chi connectivity index (χ3n) is 9.63. The van der Waals surface area contributed by atoms with Crippen LogP contribution in [0.1, 0.15) is 0 Å². The molecule has 2 heterocycles. The van der Waals surface area contributed by atoms with Crippen molar-refractivity contribution in [2.75, 3.05) is 4.90 Å². The lowest BCUT2D eigenvalue weighted by atomic mass is 10.0. The van der Waals surface area contributed by atoms with E-state index in [1.807, 2.05) is 11.3 Å². The Labute approximate surface area is 287 Å². The maximum atomic E-state index is 6.57. The number of nitrogens with zero attached hydrogens (tertiary/aromatic N) is 1. The Morgan fingerprint density at radius 3 is 1.94 bits per heavy atom. The van der Waals surface area contributed by atoms with Crippen molar-refractivity contribution in [3.63, 3.8) is 0 Å². The fourth-order valence-corrected chi connectivity index (χ4v) is 8.40. The van der Waals surface area contributed by atoms with E-state index in [1.165, 1.54) is 42.1 Å². The Balaban J connectivity index is 1.11. The number of anilines is 3. The number of thiophene rings is 1. The van der Waals surface area contributed by atoms with Gasteiger partial charge in [0, 0.05) is 53.6 Å². The van der Waals surface area contributed by atoms with Crippen LogP contribution in [0.3, 0.4) is 0 Å². The summed E-state index contributed by atoms with van der Waals surface area (Å²) in [5.74, 6) is 0. The third-order valence-corrected chi connectivity index (χ3v) is 10.8. The van der Waals surface area contributed by atoms with Crippen molar-refractivity contribution in [3.05, 3.63) is 176 Å². The summed E-state index contributed by atoms with van der Waals surface area (Å²) in [5.41, 5.74) is 9.77. The number of hydrogen-bond acceptors (Lipinski definition) is 3. The first-order valence-corrected chi connectivity index (χ1v) is 17.4. The molecule has 0 bridgehead atoms. The molecule has 0 aliphatic carbocycles. The molecule has 0 atom stereocenters. The van der Waals surface area contributed by atoms with Crippen LogP contribution in [0.15, 0.2) is 180 Å². The molecule has 0 fully saturated rings. The number of furan rings is 1. The molecule has 0 radical (unpaired) electrons. The quantitative estimate of drug-likeness (QED) is 0.186. The van der Waals surface area contributed by atoms with Gasteiger partial charge in [-0.15, -0.1) is 11.3 Å². The van der Waals surface area contributed by atoms with Gasteiger partial charge in [-0.2, -0.15) is 0 Å². The Bertz CT molecular complexity index is 2830. The van der Waals surface area contributed by atoms with Crippen LogP contribution in [0.2, 0.25) is 0 Å². The third kappa shape index (κ3) is 4.70. The summed E-state index contributed by atoms with van der Waals surface area (Å²) in [4.78, 5) is 2.37. The van der Waals surface area contributed by atoms with Crippen LogP contribution < -0.4 is 4.90 Å². The molecule has 3 heteroatoms. The zero-order valence-corrected chi connectivity index (χ0v) is 27.3. The molecule has 0 aliphatic heterocycles. The summed E-state index contributed by atoms with van der Waals surface area (Å²) in [5, 5.41) is 7.29. The van der Waals surface area contributed by atoms with E-state index in [-0.39, 0.29) is 0 Å². The summed E-state index contributed by atoms with van der Waals surface area (Å²) in [6.45, 7) is 0. The van der Waals surface area contributed by atoms with Gasteiger partial charge in [0.1, 0.15) is 11.2 Å². The van der Waals surface area contributed by atoms with Gasteiger partial charge >= 0.3 is 0 Å². The van der Waals surface area contributed by atoms with Gasteiger partial charge in [0.2, 0.25) is 0 Å². The lowest BCUT2D eigenvalue weighted by Gasteiger charge is -2.26. The lowest BCUT2D eigenvalue weighted by molar-refractivity contribution is 0.670. The van der Waals surface area contributed by atoms with E-state index < -0.39 is 0 Å². The van der Waals surface area contributed by atoms with Crippen molar-refractivity contribution in [2.24, 2.45) is 0 Å². The van der Waals surface area contributed by atoms with Gasteiger partial charge in [-0.05, 0) is 82.1 Å². The van der Waals surface area contributed by atoms with Crippen molar-refractivity contribution in [1.29, 1.82) is 0 Å². The fourth-order valence-electron chi connectivity index (χ4n) is 7.26. The van der Waals surface area contributed by atoms with Crippen LogP contribution in [0, 0.1) is 0 Å². The second-order valence-electron chi connectivity index (χ2n) is 12.6. The molecule has 10 rings (SSSR count). The van der Waals surface area contributed by atoms with E-state index in [9.17, 15) is 0 Å². The van der Waals surface area contributed by atoms with E-state index in [4.69, 9.17) is 4.42 Å². The minimum absolute atomic E-state index is 0.916. The molecule has 0 saturated heterocycles. The normalized spacial score (nSPS) is 11.7. The van der Waals surface area contributed by atoms with Crippen LogP contribution in [0.5, 0.6) is 0 Å². The molecule has 0 unspecified atom stereocenters. The van der Waals surface area contributed by atoms with Crippen molar-refractivity contribution in [3.8, 4) is 22.3 Å². The van der Waals surface area contributed by atoms with E-state index in [0.29, 0.717) is 0 Å².